The van der Waals surface area contributed by atoms with Gasteiger partial charge in [0.05, 0.1) is 40.5 Å². The highest BCUT2D eigenvalue weighted by Crippen LogP contribution is 2.40. The molecule has 0 radical (unpaired) electrons. The van der Waals surface area contributed by atoms with Crippen LogP contribution in [0.3, 0.4) is 0 Å². The monoisotopic (exact) mass is 642 g/mol. The van der Waals surface area contributed by atoms with E-state index in [4.69, 9.17) is 28.7 Å². The summed E-state index contributed by atoms with van der Waals surface area (Å²) in [5, 5.41) is 0. The second-order valence-electron chi connectivity index (χ2n) is 11.3. The van der Waals surface area contributed by atoms with E-state index in [1.807, 2.05) is 139 Å². The maximum Gasteiger partial charge on any atom is 0.267 e. The van der Waals surface area contributed by atoms with Crippen molar-refractivity contribution in [1.29, 1.82) is 0 Å². The summed E-state index contributed by atoms with van der Waals surface area (Å²) in [6.07, 6.45) is 1.08. The summed E-state index contributed by atoms with van der Waals surface area (Å²) in [4.78, 5) is 21.2. The van der Waals surface area contributed by atoms with Gasteiger partial charge in [0.1, 0.15) is 34.8 Å². The molecule has 1 fully saturated rings. The first-order valence-electron chi connectivity index (χ1n) is 15.7. The number of rotatable bonds is 13. The van der Waals surface area contributed by atoms with Gasteiger partial charge in [-0.25, -0.2) is 0 Å². The largest absolute Gasteiger partial charge is 0.497 e. The first kappa shape index (κ1) is 32.2. The fourth-order valence-electron chi connectivity index (χ4n) is 5.92. The van der Waals surface area contributed by atoms with Crippen LogP contribution in [0.15, 0.2) is 132 Å². The molecule has 5 aromatic rings. The van der Waals surface area contributed by atoms with Crippen LogP contribution in [0.1, 0.15) is 34.3 Å². The number of likely N-dealkylation sites (tertiary alicyclic amines) is 1. The number of amides is 1. The van der Waals surface area contributed by atoms with E-state index in [9.17, 15) is 4.79 Å². The van der Waals surface area contributed by atoms with Crippen LogP contribution >= 0.6 is 0 Å². The molecule has 0 N–H and O–H groups in total. The molecule has 8 nitrogen and oxygen atoms in total. The molecule has 0 aromatic heterocycles. The lowest BCUT2D eigenvalue weighted by molar-refractivity contribution is -0.160. The molecule has 48 heavy (non-hydrogen) atoms. The number of hydrogen-bond acceptors (Lipinski definition) is 7. The average Bonchev–Trinajstić information content (AvgIpc) is 3.16. The molecule has 1 saturated heterocycles. The third-order valence-corrected chi connectivity index (χ3v) is 8.53. The van der Waals surface area contributed by atoms with E-state index in [1.165, 1.54) is 0 Å². The zero-order valence-corrected chi connectivity index (χ0v) is 27.4. The van der Waals surface area contributed by atoms with E-state index in [0.717, 1.165) is 45.3 Å². The van der Waals surface area contributed by atoms with Gasteiger partial charge in [-0.05, 0) is 82.9 Å². The number of carbonyl (C=O) groups excluding carboxylic acids is 1. The minimum atomic E-state index is -0.775. The van der Waals surface area contributed by atoms with Crippen LogP contribution in [-0.4, -0.2) is 57.6 Å². The molecule has 1 aliphatic rings. The lowest BCUT2D eigenvalue weighted by Crippen LogP contribution is -2.68. The molecule has 8 heteroatoms. The van der Waals surface area contributed by atoms with Crippen LogP contribution in [-0.2, 0) is 4.79 Å². The molecule has 0 bridgehead atoms. The van der Waals surface area contributed by atoms with Crippen molar-refractivity contribution in [3.8, 4) is 28.7 Å². The highest BCUT2D eigenvalue weighted by atomic mass is 16.5. The molecule has 2 atom stereocenters. The third-order valence-electron chi connectivity index (χ3n) is 8.53. The van der Waals surface area contributed by atoms with Gasteiger partial charge in [-0.3, -0.25) is 9.79 Å². The second-order valence-corrected chi connectivity index (χ2v) is 11.3. The second kappa shape index (κ2) is 14.8. The Labute approximate surface area is 281 Å². The number of β-lactam (4-membered cyclic amide) rings is 1. The molecule has 0 unspecified atom stereocenters. The molecule has 0 aliphatic carbocycles. The Hall–Kier alpha value is -5.76. The minimum absolute atomic E-state index is 0.141. The van der Waals surface area contributed by atoms with E-state index in [-0.39, 0.29) is 11.9 Å². The van der Waals surface area contributed by atoms with Crippen LogP contribution in [0, 0.1) is 0 Å². The molecule has 244 valence electrons. The molecule has 6 rings (SSSR count). The zero-order chi connectivity index (χ0) is 33.5. The molecule has 1 heterocycles. The Morgan fingerprint density at radius 1 is 0.542 bits per heavy atom. The molecule has 0 saturated carbocycles. The number of hydrogen-bond donors (Lipinski definition) is 0. The molecule has 5 aromatic carbocycles. The van der Waals surface area contributed by atoms with Crippen LogP contribution in [0.4, 0.5) is 0 Å². The van der Waals surface area contributed by atoms with Gasteiger partial charge in [-0.2, -0.15) is 0 Å². The molecular formula is C40H38N2O6. The van der Waals surface area contributed by atoms with Crippen molar-refractivity contribution < 1.29 is 28.5 Å². The topological polar surface area (TPSA) is 78.8 Å². The van der Waals surface area contributed by atoms with Crippen molar-refractivity contribution in [3.63, 3.8) is 0 Å². The smallest absolute Gasteiger partial charge is 0.267 e. The Morgan fingerprint density at radius 2 is 0.938 bits per heavy atom. The van der Waals surface area contributed by atoms with E-state index in [1.54, 1.807) is 28.4 Å². The van der Waals surface area contributed by atoms with Crippen molar-refractivity contribution in [2.45, 2.75) is 24.2 Å². The van der Waals surface area contributed by atoms with Crippen molar-refractivity contribution in [2.24, 2.45) is 4.99 Å². The highest BCUT2D eigenvalue weighted by Gasteiger charge is 2.52. The number of aliphatic imine (C=N–C) groups is 1. The Balaban J connectivity index is 1.43. The van der Waals surface area contributed by atoms with Crippen molar-refractivity contribution in [2.75, 3.05) is 28.4 Å². The quantitative estimate of drug-likeness (QED) is 0.0989. The first-order chi connectivity index (χ1) is 23.5. The standard InChI is InChI=1S/C40H38N2O6/c1-44-31-18-10-27(11-19-31)37(28-12-20-32(45-2)21-13-28)41-26-36-39(48-35-8-6-5-7-9-35)40(43)42(36)38(29-14-22-33(46-3)23-15-29)30-16-24-34(47-4)25-17-30/h5-26,36-39H,1-4H3/t36-,39+/m1/s1. The van der Waals surface area contributed by atoms with Gasteiger partial charge >= 0.3 is 0 Å². The SMILES string of the molecule is COc1ccc(C(N=C[C@@H]2[C@H](Oc3ccccc3)C(=O)N2C(c2ccc(OC)cc2)c2ccc(OC)cc2)c2ccc(OC)cc2)cc1. The van der Waals surface area contributed by atoms with Gasteiger partial charge in [0.15, 0.2) is 0 Å². The van der Waals surface area contributed by atoms with E-state index >= 15 is 0 Å². The van der Waals surface area contributed by atoms with Gasteiger partial charge in [0, 0.05) is 6.21 Å². The first-order valence-corrected chi connectivity index (χ1v) is 15.7. The molecule has 0 spiro atoms. The zero-order valence-electron chi connectivity index (χ0n) is 27.4. The summed E-state index contributed by atoms with van der Waals surface area (Å²) in [5.41, 5.74) is 3.79. The number of benzene rings is 5. The summed E-state index contributed by atoms with van der Waals surface area (Å²) in [5.74, 6) is 3.44. The Morgan fingerprint density at radius 3 is 1.33 bits per heavy atom. The fourth-order valence-corrected chi connectivity index (χ4v) is 5.92. The number of para-hydroxylation sites is 1. The van der Waals surface area contributed by atoms with E-state index in [2.05, 4.69) is 0 Å². The summed E-state index contributed by atoms with van der Waals surface area (Å²) < 4.78 is 28.0. The number of carbonyl (C=O) groups is 1. The number of nitrogens with zero attached hydrogens (tertiary/aromatic N) is 2. The van der Waals surface area contributed by atoms with Crippen LogP contribution in [0.5, 0.6) is 28.7 Å². The average molecular weight is 643 g/mol. The lowest BCUT2D eigenvalue weighted by Gasteiger charge is -2.49. The number of ether oxygens (including phenoxy) is 5. The van der Waals surface area contributed by atoms with Gasteiger partial charge < -0.3 is 28.6 Å². The summed E-state index contributed by atoms with van der Waals surface area (Å²) in [7, 11) is 6.56. The van der Waals surface area contributed by atoms with Crippen LogP contribution in [0.2, 0.25) is 0 Å². The maximum atomic E-state index is 14.2. The highest BCUT2D eigenvalue weighted by molar-refractivity contribution is 5.97. The Bertz CT molecular complexity index is 1710. The van der Waals surface area contributed by atoms with Crippen LogP contribution < -0.4 is 23.7 Å². The fraction of sp³-hybridized carbons (Fsp3) is 0.200. The maximum absolute atomic E-state index is 14.2. The minimum Gasteiger partial charge on any atom is -0.497 e. The lowest BCUT2D eigenvalue weighted by atomic mass is 9.88. The molecular weight excluding hydrogens is 604 g/mol. The molecule has 1 aliphatic heterocycles. The van der Waals surface area contributed by atoms with Crippen molar-refractivity contribution >= 4 is 12.1 Å². The van der Waals surface area contributed by atoms with Gasteiger partial charge in [-0.15, -0.1) is 0 Å². The number of methoxy groups -OCH3 is 4. The third kappa shape index (κ3) is 6.83. The van der Waals surface area contributed by atoms with E-state index < -0.39 is 18.2 Å². The van der Waals surface area contributed by atoms with Crippen LogP contribution in [0.25, 0.3) is 0 Å². The summed E-state index contributed by atoms with van der Waals surface area (Å²) in [6, 6.07) is 39.4. The summed E-state index contributed by atoms with van der Waals surface area (Å²) in [6.45, 7) is 0. The Kier molecular flexibility index (Phi) is 9.91. The van der Waals surface area contributed by atoms with Crippen molar-refractivity contribution in [1.82, 2.24) is 4.90 Å². The van der Waals surface area contributed by atoms with Gasteiger partial charge in [-0.1, -0.05) is 66.7 Å². The summed E-state index contributed by atoms with van der Waals surface area (Å²) >= 11 is 0. The van der Waals surface area contributed by atoms with Gasteiger partial charge in [0.2, 0.25) is 6.10 Å². The predicted octanol–water partition coefficient (Wildman–Crippen LogP) is 7.33. The molecule has 1 amide bonds. The van der Waals surface area contributed by atoms with Crippen molar-refractivity contribution in [3.05, 3.63) is 150 Å². The normalized spacial score (nSPS) is 15.8. The predicted molar refractivity (Wildman–Crippen MR) is 186 cm³/mol. The van der Waals surface area contributed by atoms with E-state index in [0.29, 0.717) is 5.75 Å². The van der Waals surface area contributed by atoms with Gasteiger partial charge in [0.25, 0.3) is 5.91 Å².